The summed E-state index contributed by atoms with van der Waals surface area (Å²) in [6, 6.07) is 5.02. The van der Waals surface area contributed by atoms with E-state index in [1.165, 1.54) is 12.1 Å². The van der Waals surface area contributed by atoms with Crippen LogP contribution in [0.4, 0.5) is 14.6 Å². The summed E-state index contributed by atoms with van der Waals surface area (Å²) in [4.78, 5) is 4.23. The number of aromatic nitrogens is 7. The second-order valence-electron chi connectivity index (χ2n) is 9.00. The number of ether oxygens (including phenoxy) is 1. The lowest BCUT2D eigenvalue weighted by Gasteiger charge is -2.28. The maximum Gasteiger partial charge on any atom is 0.202 e. The van der Waals surface area contributed by atoms with Gasteiger partial charge in [0, 0.05) is 36.6 Å². The summed E-state index contributed by atoms with van der Waals surface area (Å²) < 4.78 is 38.6. The Hall–Kier alpha value is -3.93. The van der Waals surface area contributed by atoms with Crippen LogP contribution in [-0.4, -0.2) is 54.7 Å². The lowest BCUT2D eigenvalue weighted by molar-refractivity contribution is 0.187. The first-order valence-electron chi connectivity index (χ1n) is 11.8. The zero-order valence-electron chi connectivity index (χ0n) is 20.0. The van der Waals surface area contributed by atoms with Crippen LogP contribution in [0.5, 0.6) is 5.75 Å². The Kier molecular flexibility index (Phi) is 6.59. The molecular formula is C24H27F2N9O. The van der Waals surface area contributed by atoms with Crippen molar-refractivity contribution in [2.75, 3.05) is 19.4 Å². The van der Waals surface area contributed by atoms with Crippen molar-refractivity contribution in [1.29, 1.82) is 0 Å². The molecule has 3 N–H and O–H groups in total. The Morgan fingerprint density at radius 2 is 1.92 bits per heavy atom. The molecule has 1 aromatic carbocycles. The van der Waals surface area contributed by atoms with Gasteiger partial charge in [-0.1, -0.05) is 0 Å². The highest BCUT2D eigenvalue weighted by Gasteiger charge is 2.24. The second kappa shape index (κ2) is 9.97. The summed E-state index contributed by atoms with van der Waals surface area (Å²) in [5.74, 6) is -1.76. The maximum absolute atomic E-state index is 15.2. The number of benzene rings is 1. The van der Waals surface area contributed by atoms with E-state index < -0.39 is 11.6 Å². The van der Waals surface area contributed by atoms with Crippen molar-refractivity contribution in [2.24, 2.45) is 13.0 Å². The third-order valence-electron chi connectivity index (χ3n) is 6.65. The number of hydrogen-bond donors (Lipinski definition) is 2. The topological polar surface area (TPSA) is 122 Å². The standard InChI is InChI=1S/C24H27F2N9O/c1-28-17-5-3-14(4-6-17)13-36-20-8-7-19(21(25)22(20)26)35-24(31-32-33-35)18-9-15(10-29-23(18)27)16-11-30-34(2)12-16/h7-12,14,17,28H,3-6,13H2,1-2H3,(H2,27,29). The number of tetrazole rings is 1. The molecule has 1 aliphatic rings. The second-order valence-corrected chi connectivity index (χ2v) is 9.00. The van der Waals surface area contributed by atoms with Crippen LogP contribution >= 0.6 is 0 Å². The number of nitrogens with one attached hydrogen (secondary N) is 1. The molecule has 1 fully saturated rings. The summed E-state index contributed by atoms with van der Waals surface area (Å²) in [5, 5.41) is 19.0. The van der Waals surface area contributed by atoms with Crippen molar-refractivity contribution in [3.63, 3.8) is 0 Å². The molecule has 10 nitrogen and oxygen atoms in total. The highest BCUT2D eigenvalue weighted by Crippen LogP contribution is 2.32. The molecule has 0 aliphatic heterocycles. The van der Waals surface area contributed by atoms with E-state index in [-0.39, 0.29) is 23.1 Å². The first-order chi connectivity index (χ1) is 17.4. The largest absolute Gasteiger partial charge is 0.490 e. The summed E-state index contributed by atoms with van der Waals surface area (Å²) in [5.41, 5.74) is 7.84. The fourth-order valence-electron chi connectivity index (χ4n) is 4.52. The first-order valence-corrected chi connectivity index (χ1v) is 11.8. The van der Waals surface area contributed by atoms with Crippen LogP contribution in [0, 0.1) is 17.6 Å². The van der Waals surface area contributed by atoms with Gasteiger partial charge in [-0.15, -0.1) is 5.10 Å². The molecule has 3 heterocycles. The van der Waals surface area contributed by atoms with E-state index in [1.807, 2.05) is 13.2 Å². The van der Waals surface area contributed by atoms with Crippen molar-refractivity contribution < 1.29 is 13.5 Å². The molecule has 0 unspecified atom stereocenters. The van der Waals surface area contributed by atoms with E-state index in [0.717, 1.165) is 41.5 Å². The number of nitrogens with zero attached hydrogens (tertiary/aromatic N) is 7. The number of nitrogen functional groups attached to an aromatic ring is 1. The highest BCUT2D eigenvalue weighted by atomic mass is 19.2. The zero-order valence-corrected chi connectivity index (χ0v) is 20.0. The van der Waals surface area contributed by atoms with Crippen LogP contribution in [0.25, 0.3) is 28.2 Å². The van der Waals surface area contributed by atoms with Crippen molar-refractivity contribution >= 4 is 5.82 Å². The summed E-state index contributed by atoms with van der Waals surface area (Å²) in [6.45, 7) is 0.339. The van der Waals surface area contributed by atoms with Gasteiger partial charge in [0.2, 0.25) is 5.82 Å². The molecule has 4 aromatic rings. The van der Waals surface area contributed by atoms with Gasteiger partial charge in [0.15, 0.2) is 17.4 Å². The molecule has 0 atom stereocenters. The number of hydrogen-bond acceptors (Lipinski definition) is 8. The number of anilines is 1. The van der Waals surface area contributed by atoms with Crippen molar-refractivity contribution in [1.82, 2.24) is 40.3 Å². The molecule has 0 spiro atoms. The molecule has 36 heavy (non-hydrogen) atoms. The molecular weight excluding hydrogens is 468 g/mol. The first kappa shape index (κ1) is 23.8. The monoisotopic (exact) mass is 495 g/mol. The van der Waals surface area contributed by atoms with Gasteiger partial charge in [-0.05, 0) is 67.3 Å². The van der Waals surface area contributed by atoms with E-state index in [0.29, 0.717) is 24.1 Å². The quantitative estimate of drug-likeness (QED) is 0.401. The Bertz CT molecular complexity index is 1360. The van der Waals surface area contributed by atoms with Crippen LogP contribution in [0.2, 0.25) is 0 Å². The van der Waals surface area contributed by atoms with Crippen LogP contribution in [0.1, 0.15) is 25.7 Å². The van der Waals surface area contributed by atoms with Gasteiger partial charge < -0.3 is 15.8 Å². The van der Waals surface area contributed by atoms with E-state index in [1.54, 1.807) is 30.2 Å². The Balaban J connectivity index is 1.40. The van der Waals surface area contributed by atoms with E-state index >= 15 is 4.39 Å². The fourth-order valence-corrected chi connectivity index (χ4v) is 4.52. The Morgan fingerprint density at radius 1 is 1.11 bits per heavy atom. The lowest BCUT2D eigenvalue weighted by atomic mass is 9.87. The van der Waals surface area contributed by atoms with Crippen molar-refractivity contribution in [3.05, 3.63) is 48.4 Å². The molecule has 1 aliphatic carbocycles. The van der Waals surface area contributed by atoms with E-state index in [9.17, 15) is 4.39 Å². The van der Waals surface area contributed by atoms with Crippen LogP contribution in [0.15, 0.2) is 36.8 Å². The maximum atomic E-state index is 15.2. The van der Waals surface area contributed by atoms with Crippen molar-refractivity contribution in [2.45, 2.75) is 31.7 Å². The normalized spacial score (nSPS) is 17.9. The SMILES string of the molecule is CNC1CCC(COc2ccc(-n3nnnc3-c3cc(-c4cnn(C)c4)cnc3N)c(F)c2F)CC1. The number of halogens is 2. The summed E-state index contributed by atoms with van der Waals surface area (Å²) in [7, 11) is 3.76. The van der Waals surface area contributed by atoms with Crippen LogP contribution in [0.3, 0.4) is 0 Å². The molecule has 5 rings (SSSR count). The average molecular weight is 496 g/mol. The van der Waals surface area contributed by atoms with Crippen LogP contribution in [-0.2, 0) is 7.05 Å². The number of pyridine rings is 1. The number of rotatable bonds is 7. The molecule has 3 aromatic heterocycles. The average Bonchev–Trinajstić information content (AvgIpc) is 3.55. The molecule has 0 radical (unpaired) electrons. The third-order valence-corrected chi connectivity index (χ3v) is 6.65. The smallest absolute Gasteiger partial charge is 0.202 e. The van der Waals surface area contributed by atoms with Gasteiger partial charge in [-0.2, -0.15) is 14.2 Å². The van der Waals surface area contributed by atoms with Gasteiger partial charge in [-0.25, -0.2) is 9.37 Å². The predicted molar refractivity (Wildman–Crippen MR) is 129 cm³/mol. The fraction of sp³-hybridized carbons (Fsp3) is 0.375. The predicted octanol–water partition coefficient (Wildman–Crippen LogP) is 3.14. The minimum atomic E-state index is -1.12. The summed E-state index contributed by atoms with van der Waals surface area (Å²) in [6.07, 6.45) is 9.15. The molecule has 188 valence electrons. The van der Waals surface area contributed by atoms with Crippen LogP contribution < -0.4 is 15.8 Å². The van der Waals surface area contributed by atoms with Gasteiger partial charge in [0.25, 0.3) is 0 Å². The molecule has 0 amide bonds. The molecule has 0 bridgehead atoms. The molecule has 0 saturated heterocycles. The van der Waals surface area contributed by atoms with E-state index in [4.69, 9.17) is 10.5 Å². The Labute approximate surface area is 206 Å². The van der Waals surface area contributed by atoms with Gasteiger partial charge in [0.1, 0.15) is 11.5 Å². The molecule has 12 heteroatoms. The molecule has 1 saturated carbocycles. The van der Waals surface area contributed by atoms with Gasteiger partial charge in [0.05, 0.1) is 18.4 Å². The summed E-state index contributed by atoms with van der Waals surface area (Å²) >= 11 is 0. The number of nitrogens with two attached hydrogens (primary N) is 1. The van der Waals surface area contributed by atoms with E-state index in [2.05, 4.69) is 30.9 Å². The third kappa shape index (κ3) is 4.63. The minimum Gasteiger partial charge on any atom is -0.490 e. The lowest BCUT2D eigenvalue weighted by Crippen LogP contribution is -2.31. The Morgan fingerprint density at radius 3 is 2.64 bits per heavy atom. The zero-order chi connectivity index (χ0) is 25.2. The van der Waals surface area contributed by atoms with Crippen molar-refractivity contribution in [3.8, 4) is 34.0 Å². The minimum absolute atomic E-state index is 0.124. The van der Waals surface area contributed by atoms with Gasteiger partial charge >= 0.3 is 0 Å². The van der Waals surface area contributed by atoms with Gasteiger partial charge in [-0.3, -0.25) is 4.68 Å². The number of aryl methyl sites for hydroxylation is 1. The highest BCUT2D eigenvalue weighted by molar-refractivity contribution is 5.76.